The zero-order valence-corrected chi connectivity index (χ0v) is 8.57. The Morgan fingerprint density at radius 3 is 2.79 bits per heavy atom. The lowest BCUT2D eigenvalue weighted by atomic mass is 10.2. The average Bonchev–Trinajstić information content (AvgIpc) is 2.30. The molecule has 3 nitrogen and oxygen atoms in total. The van der Waals surface area contributed by atoms with Crippen LogP contribution in [0, 0.1) is 0 Å². The van der Waals surface area contributed by atoms with Crippen LogP contribution in [0.4, 0.5) is 0 Å². The Hall–Kier alpha value is -1.29. The summed E-state index contributed by atoms with van der Waals surface area (Å²) in [6.45, 7) is 0. The molecule has 0 aliphatic carbocycles. The fraction of sp³-hybridized carbons (Fsp3) is 0.200. The van der Waals surface area contributed by atoms with Crippen molar-refractivity contribution in [3.8, 4) is 0 Å². The Labute approximate surface area is 86.9 Å². The zero-order chi connectivity index (χ0) is 9.80. The fourth-order valence-corrected chi connectivity index (χ4v) is 2.01. The fourth-order valence-electron chi connectivity index (χ4n) is 1.19. The summed E-state index contributed by atoms with van der Waals surface area (Å²) in [7, 11) is 1.61. The van der Waals surface area contributed by atoms with Crippen molar-refractivity contribution in [1.29, 1.82) is 0 Å². The number of hydrogen-bond acceptors (Lipinski definition) is 4. The molecule has 0 saturated heterocycles. The monoisotopic (exact) mass is 206 g/mol. The summed E-state index contributed by atoms with van der Waals surface area (Å²) >= 11 is 1.56. The van der Waals surface area contributed by atoms with Crippen molar-refractivity contribution in [2.24, 2.45) is 10.2 Å². The summed E-state index contributed by atoms with van der Waals surface area (Å²) < 4.78 is 5.04. The van der Waals surface area contributed by atoms with E-state index in [2.05, 4.69) is 22.3 Å². The van der Waals surface area contributed by atoms with E-state index in [0.717, 1.165) is 0 Å². The average molecular weight is 206 g/mol. The largest absolute Gasteiger partial charge is 0.475 e. The second-order valence-corrected chi connectivity index (χ2v) is 3.88. The highest BCUT2D eigenvalue weighted by atomic mass is 32.2. The van der Waals surface area contributed by atoms with Gasteiger partial charge in [-0.3, -0.25) is 0 Å². The van der Waals surface area contributed by atoms with Crippen LogP contribution in [0.3, 0.4) is 0 Å². The van der Waals surface area contributed by atoms with Crippen molar-refractivity contribution in [3.05, 3.63) is 35.9 Å². The smallest absolute Gasteiger partial charge is 0.270 e. The lowest BCUT2D eigenvalue weighted by Gasteiger charge is -2.14. The number of thioether (sulfide) groups is 1. The van der Waals surface area contributed by atoms with Gasteiger partial charge in [0.1, 0.15) is 0 Å². The molecule has 4 heteroatoms. The van der Waals surface area contributed by atoms with Gasteiger partial charge in [-0.05, 0) is 5.56 Å². The summed E-state index contributed by atoms with van der Waals surface area (Å²) in [4.78, 5) is 0. The number of benzene rings is 1. The van der Waals surface area contributed by atoms with Crippen LogP contribution in [0.1, 0.15) is 10.8 Å². The predicted molar refractivity (Wildman–Crippen MR) is 59.7 cm³/mol. The van der Waals surface area contributed by atoms with E-state index < -0.39 is 0 Å². The highest BCUT2D eigenvalue weighted by Crippen LogP contribution is 2.30. The van der Waals surface area contributed by atoms with Gasteiger partial charge in [-0.15, -0.1) is 5.10 Å². The van der Waals surface area contributed by atoms with Gasteiger partial charge in [0.15, 0.2) is 0 Å². The quantitative estimate of drug-likeness (QED) is 0.707. The second-order valence-electron chi connectivity index (χ2n) is 2.78. The second kappa shape index (κ2) is 4.28. The van der Waals surface area contributed by atoms with Crippen molar-refractivity contribution < 1.29 is 4.74 Å². The summed E-state index contributed by atoms with van der Waals surface area (Å²) in [6, 6.07) is 10.2. The van der Waals surface area contributed by atoms with Crippen molar-refractivity contribution in [1.82, 2.24) is 0 Å². The van der Waals surface area contributed by atoms with Gasteiger partial charge < -0.3 is 4.74 Å². The zero-order valence-electron chi connectivity index (χ0n) is 7.75. The molecule has 1 atom stereocenters. The van der Waals surface area contributed by atoms with Crippen molar-refractivity contribution in [2.45, 2.75) is 5.25 Å². The van der Waals surface area contributed by atoms with Gasteiger partial charge in [-0.2, -0.15) is 5.10 Å². The summed E-state index contributed by atoms with van der Waals surface area (Å²) in [5.41, 5.74) is 1.21. The van der Waals surface area contributed by atoms with Gasteiger partial charge in [-0.1, -0.05) is 42.1 Å². The van der Waals surface area contributed by atoms with Crippen LogP contribution in [0.2, 0.25) is 0 Å². The molecule has 72 valence electrons. The van der Waals surface area contributed by atoms with Crippen LogP contribution in [-0.4, -0.2) is 18.6 Å². The number of rotatable bonds is 1. The highest BCUT2D eigenvalue weighted by molar-refractivity contribution is 8.14. The highest BCUT2D eigenvalue weighted by Gasteiger charge is 2.16. The van der Waals surface area contributed by atoms with Crippen LogP contribution in [0.25, 0.3) is 0 Å². The van der Waals surface area contributed by atoms with E-state index >= 15 is 0 Å². The minimum Gasteiger partial charge on any atom is -0.475 e. The number of ether oxygens (including phenoxy) is 1. The van der Waals surface area contributed by atoms with Crippen LogP contribution >= 0.6 is 11.8 Å². The first kappa shape index (κ1) is 9.27. The van der Waals surface area contributed by atoms with Gasteiger partial charge in [0.25, 0.3) is 5.23 Å². The molecule has 0 aromatic heterocycles. The number of methoxy groups -OCH3 is 1. The van der Waals surface area contributed by atoms with Crippen LogP contribution in [-0.2, 0) is 4.74 Å². The Balaban J connectivity index is 2.16. The molecule has 0 bridgehead atoms. The maximum atomic E-state index is 5.04. The summed E-state index contributed by atoms with van der Waals surface area (Å²) in [5.74, 6) is 0. The molecule has 1 aliphatic rings. The molecule has 0 fully saturated rings. The minimum atomic E-state index is 0.212. The van der Waals surface area contributed by atoms with E-state index in [-0.39, 0.29) is 5.25 Å². The molecule has 0 amide bonds. The molecule has 1 heterocycles. The van der Waals surface area contributed by atoms with Crippen LogP contribution < -0.4 is 0 Å². The lowest BCUT2D eigenvalue weighted by Crippen LogP contribution is -2.06. The van der Waals surface area contributed by atoms with E-state index in [1.165, 1.54) is 5.56 Å². The van der Waals surface area contributed by atoms with Gasteiger partial charge in [-0.25, -0.2) is 0 Å². The Bertz CT molecular complexity index is 362. The first-order valence-electron chi connectivity index (χ1n) is 4.27. The molecule has 0 spiro atoms. The minimum absolute atomic E-state index is 0.212. The molecular formula is C10H10N2OS. The normalized spacial score (nSPS) is 20.4. The molecule has 2 rings (SSSR count). The molecule has 0 radical (unpaired) electrons. The maximum Gasteiger partial charge on any atom is 0.270 e. The molecule has 1 aliphatic heterocycles. The molecule has 0 N–H and O–H groups in total. The molecular weight excluding hydrogens is 196 g/mol. The predicted octanol–water partition coefficient (Wildman–Crippen LogP) is 2.46. The van der Waals surface area contributed by atoms with E-state index in [1.807, 2.05) is 24.4 Å². The third-order valence-corrected chi connectivity index (χ3v) is 2.97. The maximum absolute atomic E-state index is 5.04. The molecule has 14 heavy (non-hydrogen) atoms. The van der Waals surface area contributed by atoms with Crippen LogP contribution in [0.5, 0.6) is 0 Å². The molecule has 1 aromatic carbocycles. The third kappa shape index (κ3) is 1.96. The Kier molecular flexibility index (Phi) is 2.84. The molecule has 1 aromatic rings. The molecule has 1 unspecified atom stereocenters. The van der Waals surface area contributed by atoms with E-state index in [1.54, 1.807) is 18.9 Å². The first-order valence-corrected chi connectivity index (χ1v) is 5.15. The third-order valence-electron chi connectivity index (χ3n) is 1.87. The number of hydrogen-bond donors (Lipinski definition) is 0. The Morgan fingerprint density at radius 2 is 2.07 bits per heavy atom. The standard InChI is InChI=1S/C10H10N2OS/c1-13-10-12-11-7-9(14-10)8-5-3-2-4-6-8/h2-7,9H,1H3. The lowest BCUT2D eigenvalue weighted by molar-refractivity contribution is 0.414. The summed E-state index contributed by atoms with van der Waals surface area (Å²) in [5, 5.41) is 8.58. The van der Waals surface area contributed by atoms with E-state index in [4.69, 9.17) is 4.74 Å². The SMILES string of the molecule is COC1=NN=CC(c2ccccc2)S1. The van der Waals surface area contributed by atoms with Gasteiger partial charge in [0.2, 0.25) is 0 Å². The van der Waals surface area contributed by atoms with Crippen molar-refractivity contribution in [2.75, 3.05) is 7.11 Å². The van der Waals surface area contributed by atoms with Crippen LogP contribution in [0.15, 0.2) is 40.5 Å². The van der Waals surface area contributed by atoms with E-state index in [0.29, 0.717) is 5.23 Å². The summed E-state index contributed by atoms with van der Waals surface area (Å²) in [6.07, 6.45) is 1.82. The number of nitrogens with zero attached hydrogens (tertiary/aromatic N) is 2. The van der Waals surface area contributed by atoms with Crippen molar-refractivity contribution >= 4 is 23.2 Å². The van der Waals surface area contributed by atoms with Gasteiger partial charge in [0.05, 0.1) is 12.4 Å². The van der Waals surface area contributed by atoms with E-state index in [9.17, 15) is 0 Å². The topological polar surface area (TPSA) is 34.0 Å². The van der Waals surface area contributed by atoms with Gasteiger partial charge >= 0.3 is 0 Å². The van der Waals surface area contributed by atoms with Gasteiger partial charge in [0, 0.05) is 6.21 Å². The molecule has 0 saturated carbocycles. The first-order chi connectivity index (χ1) is 6.90. The Morgan fingerprint density at radius 1 is 1.29 bits per heavy atom. The van der Waals surface area contributed by atoms with Crippen molar-refractivity contribution in [3.63, 3.8) is 0 Å².